The number of likely N-dealkylation sites (tertiary alicyclic amines) is 1. The number of imide groups is 1. The Kier molecular flexibility index (Phi) is 5.17. The molecule has 0 radical (unpaired) electrons. The number of nitrogens with zero attached hydrogens (tertiary/aromatic N) is 2. The van der Waals surface area contributed by atoms with Gasteiger partial charge in [-0.05, 0) is 60.2 Å². The van der Waals surface area contributed by atoms with Crippen molar-refractivity contribution in [2.75, 3.05) is 18.0 Å². The van der Waals surface area contributed by atoms with E-state index in [2.05, 4.69) is 13.8 Å². The van der Waals surface area contributed by atoms with E-state index in [1.807, 2.05) is 4.90 Å². The van der Waals surface area contributed by atoms with Crippen LogP contribution in [0.1, 0.15) is 25.8 Å². The van der Waals surface area contributed by atoms with Crippen LogP contribution in [0.2, 0.25) is 5.02 Å². The number of anilines is 1. The third-order valence-corrected chi connectivity index (χ3v) is 5.71. The van der Waals surface area contributed by atoms with Gasteiger partial charge in [0.15, 0.2) is 0 Å². The van der Waals surface area contributed by atoms with Gasteiger partial charge in [-0.2, -0.15) is 0 Å². The summed E-state index contributed by atoms with van der Waals surface area (Å²) in [6, 6.07) is 12.3. The van der Waals surface area contributed by atoms with Crippen LogP contribution in [-0.4, -0.2) is 29.8 Å². The second-order valence-electron chi connectivity index (χ2n) is 8.00. The molecule has 0 saturated carbocycles. The van der Waals surface area contributed by atoms with Gasteiger partial charge in [0.05, 0.1) is 11.3 Å². The predicted molar refractivity (Wildman–Crippen MR) is 112 cm³/mol. The van der Waals surface area contributed by atoms with Crippen LogP contribution in [0.3, 0.4) is 0 Å². The fourth-order valence-electron chi connectivity index (χ4n) is 4.36. The van der Waals surface area contributed by atoms with E-state index in [4.69, 9.17) is 11.6 Å². The molecule has 2 aliphatic heterocycles. The van der Waals surface area contributed by atoms with E-state index in [0.29, 0.717) is 52.5 Å². The Morgan fingerprint density at radius 2 is 1.48 bits per heavy atom. The quantitative estimate of drug-likeness (QED) is 0.683. The largest absolute Gasteiger partial charge is 0.366 e. The van der Waals surface area contributed by atoms with Crippen LogP contribution in [0.4, 0.5) is 10.1 Å². The van der Waals surface area contributed by atoms with E-state index in [1.165, 1.54) is 24.3 Å². The molecular formula is C23H22ClFN2O2. The summed E-state index contributed by atoms with van der Waals surface area (Å²) in [6.07, 6.45) is 1.09. The lowest BCUT2D eigenvalue weighted by Crippen LogP contribution is -2.42. The zero-order valence-electron chi connectivity index (χ0n) is 16.4. The van der Waals surface area contributed by atoms with Crippen LogP contribution in [-0.2, 0) is 9.59 Å². The van der Waals surface area contributed by atoms with Crippen molar-refractivity contribution in [2.45, 2.75) is 20.3 Å². The molecule has 2 atom stereocenters. The first kappa shape index (κ1) is 19.6. The topological polar surface area (TPSA) is 40.6 Å². The standard InChI is InChI=1S/C23H22ClFN2O2/c1-14-11-15(2)13-26(12-14)21-20(16-3-5-17(24)6-4-16)22(28)27(23(21)29)19-9-7-18(25)8-10-19/h3-10,14-15H,11-13H2,1-2H3. The number of hydrogen-bond acceptors (Lipinski definition) is 3. The Morgan fingerprint density at radius 1 is 0.897 bits per heavy atom. The number of piperidine rings is 1. The molecule has 150 valence electrons. The number of halogens is 2. The first-order valence-corrected chi connectivity index (χ1v) is 10.1. The van der Waals surface area contributed by atoms with Crippen LogP contribution in [0.15, 0.2) is 54.2 Å². The van der Waals surface area contributed by atoms with Crippen molar-refractivity contribution in [1.82, 2.24) is 4.90 Å². The molecule has 29 heavy (non-hydrogen) atoms. The van der Waals surface area contributed by atoms with E-state index in [-0.39, 0.29) is 5.91 Å². The maximum absolute atomic E-state index is 13.5. The predicted octanol–water partition coefficient (Wildman–Crippen LogP) is 4.74. The Balaban J connectivity index is 1.82. The van der Waals surface area contributed by atoms with Crippen molar-refractivity contribution in [1.29, 1.82) is 0 Å². The molecule has 0 spiro atoms. The molecule has 2 amide bonds. The van der Waals surface area contributed by atoms with E-state index >= 15 is 0 Å². The van der Waals surface area contributed by atoms with Crippen molar-refractivity contribution < 1.29 is 14.0 Å². The number of hydrogen-bond donors (Lipinski definition) is 0. The molecule has 0 N–H and O–H groups in total. The minimum absolute atomic E-state index is 0.362. The fraction of sp³-hybridized carbons (Fsp3) is 0.304. The van der Waals surface area contributed by atoms with Gasteiger partial charge in [-0.15, -0.1) is 0 Å². The lowest BCUT2D eigenvalue weighted by Gasteiger charge is -2.37. The Bertz CT molecular complexity index is 975. The maximum atomic E-state index is 13.5. The molecule has 0 aromatic heterocycles. The van der Waals surface area contributed by atoms with Crippen LogP contribution in [0.25, 0.3) is 5.57 Å². The van der Waals surface area contributed by atoms with Gasteiger partial charge in [-0.1, -0.05) is 37.6 Å². The fourth-order valence-corrected chi connectivity index (χ4v) is 4.48. The van der Waals surface area contributed by atoms with Crippen molar-refractivity contribution in [2.24, 2.45) is 11.8 Å². The Labute approximate surface area is 174 Å². The summed E-state index contributed by atoms with van der Waals surface area (Å²) in [7, 11) is 0. The third kappa shape index (κ3) is 3.67. The maximum Gasteiger partial charge on any atom is 0.282 e. The van der Waals surface area contributed by atoms with Crippen LogP contribution < -0.4 is 4.90 Å². The normalized spacial score (nSPS) is 22.6. The molecule has 1 saturated heterocycles. The van der Waals surface area contributed by atoms with Gasteiger partial charge in [0.2, 0.25) is 0 Å². The van der Waals surface area contributed by atoms with E-state index in [1.54, 1.807) is 24.3 Å². The highest BCUT2D eigenvalue weighted by atomic mass is 35.5. The monoisotopic (exact) mass is 412 g/mol. The SMILES string of the molecule is CC1CC(C)CN(C2=C(c3ccc(Cl)cc3)C(=O)N(c3ccc(F)cc3)C2=O)C1. The molecule has 2 aromatic carbocycles. The molecule has 4 rings (SSSR count). The van der Waals surface area contributed by atoms with Crippen LogP contribution in [0.5, 0.6) is 0 Å². The number of carbonyl (C=O) groups is 2. The summed E-state index contributed by atoms with van der Waals surface area (Å²) in [5, 5.41) is 0.559. The number of rotatable bonds is 3. The second kappa shape index (κ2) is 7.64. The molecule has 1 fully saturated rings. The molecule has 2 aromatic rings. The van der Waals surface area contributed by atoms with Gasteiger partial charge in [-0.3, -0.25) is 9.59 Å². The highest BCUT2D eigenvalue weighted by Gasteiger charge is 2.43. The summed E-state index contributed by atoms with van der Waals surface area (Å²) >= 11 is 6.02. The molecule has 0 aliphatic carbocycles. The number of amides is 2. The third-order valence-electron chi connectivity index (χ3n) is 5.46. The summed E-state index contributed by atoms with van der Waals surface area (Å²) < 4.78 is 13.4. The first-order valence-electron chi connectivity index (χ1n) is 9.74. The van der Waals surface area contributed by atoms with Gasteiger partial charge in [-0.25, -0.2) is 9.29 Å². The highest BCUT2D eigenvalue weighted by Crippen LogP contribution is 2.37. The minimum atomic E-state index is -0.419. The second-order valence-corrected chi connectivity index (χ2v) is 8.44. The number of benzene rings is 2. The van der Waals surface area contributed by atoms with Gasteiger partial charge in [0.1, 0.15) is 11.5 Å². The van der Waals surface area contributed by atoms with Crippen molar-refractivity contribution in [3.63, 3.8) is 0 Å². The average molecular weight is 413 g/mol. The summed E-state index contributed by atoms with van der Waals surface area (Å²) in [5.41, 5.74) is 1.80. The molecule has 2 aliphatic rings. The van der Waals surface area contributed by atoms with E-state index in [0.717, 1.165) is 11.3 Å². The smallest absolute Gasteiger partial charge is 0.282 e. The molecule has 2 unspecified atom stereocenters. The Hall–Kier alpha value is -2.66. The highest BCUT2D eigenvalue weighted by molar-refractivity contribution is 6.45. The molecular weight excluding hydrogens is 391 g/mol. The molecule has 6 heteroatoms. The van der Waals surface area contributed by atoms with E-state index < -0.39 is 11.7 Å². The van der Waals surface area contributed by atoms with Gasteiger partial charge >= 0.3 is 0 Å². The van der Waals surface area contributed by atoms with Crippen molar-refractivity contribution >= 4 is 34.7 Å². The van der Waals surface area contributed by atoms with Gasteiger partial charge < -0.3 is 4.90 Å². The molecule has 4 nitrogen and oxygen atoms in total. The zero-order valence-corrected chi connectivity index (χ0v) is 17.1. The van der Waals surface area contributed by atoms with Crippen LogP contribution >= 0.6 is 11.6 Å². The average Bonchev–Trinajstić information content (AvgIpc) is 2.93. The van der Waals surface area contributed by atoms with Crippen LogP contribution in [0, 0.1) is 17.7 Å². The summed E-state index contributed by atoms with van der Waals surface area (Å²) in [4.78, 5) is 30.0. The van der Waals surface area contributed by atoms with Crippen molar-refractivity contribution in [3.8, 4) is 0 Å². The number of carbonyl (C=O) groups excluding carboxylic acids is 2. The Morgan fingerprint density at radius 3 is 2.07 bits per heavy atom. The lowest BCUT2D eigenvalue weighted by atomic mass is 9.91. The summed E-state index contributed by atoms with van der Waals surface area (Å²) in [5.74, 6) is -0.351. The summed E-state index contributed by atoms with van der Waals surface area (Å²) in [6.45, 7) is 5.74. The first-order chi connectivity index (χ1) is 13.8. The zero-order chi connectivity index (χ0) is 20.7. The van der Waals surface area contributed by atoms with Gasteiger partial charge in [0.25, 0.3) is 11.8 Å². The molecule has 0 bridgehead atoms. The van der Waals surface area contributed by atoms with Gasteiger partial charge in [0, 0.05) is 18.1 Å². The minimum Gasteiger partial charge on any atom is -0.366 e. The lowest BCUT2D eigenvalue weighted by molar-refractivity contribution is -0.120. The van der Waals surface area contributed by atoms with Crippen molar-refractivity contribution in [3.05, 3.63) is 70.6 Å². The molecule has 2 heterocycles. The van der Waals surface area contributed by atoms with E-state index in [9.17, 15) is 14.0 Å².